The molecule has 1 aromatic carbocycles. The monoisotopic (exact) mass is 487 g/mol. The van der Waals surface area contributed by atoms with Crippen molar-refractivity contribution in [1.82, 2.24) is 0 Å². The molecule has 0 saturated carbocycles. The van der Waals surface area contributed by atoms with Gasteiger partial charge in [0.15, 0.2) is 5.78 Å². The number of ketones is 1. The number of anilines is 1. The van der Waals surface area contributed by atoms with Gasteiger partial charge in [0.2, 0.25) is 0 Å². The Labute approximate surface area is 215 Å². The maximum Gasteiger partial charge on any atom is 0.303 e. The van der Waals surface area contributed by atoms with E-state index in [4.69, 9.17) is 5.11 Å². The van der Waals surface area contributed by atoms with Crippen molar-refractivity contribution in [3.63, 3.8) is 0 Å². The van der Waals surface area contributed by atoms with Crippen molar-refractivity contribution in [1.29, 1.82) is 0 Å². The third-order valence-electron chi connectivity index (χ3n) is 7.02. The van der Waals surface area contributed by atoms with Crippen LogP contribution in [-0.2, 0) is 4.79 Å². The molecule has 1 N–H and O–H groups in total. The van der Waals surface area contributed by atoms with Crippen LogP contribution < -0.4 is 4.90 Å². The molecule has 0 aliphatic rings. The minimum absolute atomic E-state index is 0.223. The van der Waals surface area contributed by atoms with Crippen LogP contribution in [0.15, 0.2) is 24.3 Å². The Morgan fingerprint density at radius 2 is 1.06 bits per heavy atom. The minimum Gasteiger partial charge on any atom is -0.481 e. The van der Waals surface area contributed by atoms with E-state index in [0.717, 1.165) is 37.1 Å². The van der Waals surface area contributed by atoms with Gasteiger partial charge in [-0.25, -0.2) is 0 Å². The number of carbonyl (C=O) groups is 2. The average Bonchev–Trinajstić information content (AvgIpc) is 2.86. The van der Waals surface area contributed by atoms with Gasteiger partial charge in [-0.05, 0) is 43.5 Å². The summed E-state index contributed by atoms with van der Waals surface area (Å²) in [7, 11) is 2.01. The number of aliphatic carboxylic acids is 1. The van der Waals surface area contributed by atoms with Crippen molar-refractivity contribution in [2.45, 2.75) is 135 Å². The van der Waals surface area contributed by atoms with Crippen LogP contribution in [-0.4, -0.2) is 30.5 Å². The molecule has 0 aliphatic heterocycles. The highest BCUT2D eigenvalue weighted by atomic mass is 16.4. The smallest absolute Gasteiger partial charge is 0.303 e. The number of Topliss-reactive ketones (excluding diaryl/α,β-unsaturated/α-hetero) is 1. The van der Waals surface area contributed by atoms with Crippen LogP contribution in [0, 0.1) is 0 Å². The predicted octanol–water partition coefficient (Wildman–Crippen LogP) is 9.21. The van der Waals surface area contributed by atoms with Crippen LogP contribution in [0.2, 0.25) is 0 Å². The highest BCUT2D eigenvalue weighted by Gasteiger charge is 2.07. The number of hydrogen-bond acceptors (Lipinski definition) is 3. The van der Waals surface area contributed by atoms with Gasteiger partial charge in [0.1, 0.15) is 0 Å². The summed E-state index contributed by atoms with van der Waals surface area (Å²) < 4.78 is 0. The highest BCUT2D eigenvalue weighted by Crippen LogP contribution is 2.18. The molecule has 0 atom stereocenters. The van der Waals surface area contributed by atoms with Crippen molar-refractivity contribution < 1.29 is 14.7 Å². The Balaban J connectivity index is 1.98. The largest absolute Gasteiger partial charge is 0.481 e. The van der Waals surface area contributed by atoms with Gasteiger partial charge in [-0.15, -0.1) is 0 Å². The number of carbonyl (C=O) groups excluding carboxylic acids is 1. The van der Waals surface area contributed by atoms with E-state index in [1.807, 2.05) is 31.3 Å². The molecule has 4 nitrogen and oxygen atoms in total. The summed E-state index contributed by atoms with van der Waals surface area (Å²) in [6.45, 7) is 3.10. The molecule has 1 rings (SSSR count). The number of carboxylic acids is 1. The maximum atomic E-state index is 12.5. The van der Waals surface area contributed by atoms with Gasteiger partial charge in [-0.1, -0.05) is 103 Å². The molecular formula is C31H53NO3. The number of benzene rings is 1. The zero-order chi connectivity index (χ0) is 25.6. The molecule has 0 amide bonds. The molecular weight excluding hydrogens is 434 g/mol. The summed E-state index contributed by atoms with van der Waals surface area (Å²) in [4.78, 5) is 25.2. The number of hydrogen-bond donors (Lipinski definition) is 1. The van der Waals surface area contributed by atoms with Crippen LogP contribution >= 0.6 is 0 Å². The summed E-state index contributed by atoms with van der Waals surface area (Å²) in [5.74, 6) is -0.495. The maximum absolute atomic E-state index is 12.5. The number of rotatable bonds is 24. The first-order chi connectivity index (χ1) is 17.0. The number of nitrogens with zero attached hydrogens (tertiary/aromatic N) is 1. The van der Waals surface area contributed by atoms with Gasteiger partial charge in [0, 0.05) is 37.7 Å². The first-order valence-electron chi connectivity index (χ1n) is 14.6. The molecule has 4 heteroatoms. The van der Waals surface area contributed by atoms with Crippen LogP contribution in [0.5, 0.6) is 0 Å². The molecule has 0 unspecified atom stereocenters. The van der Waals surface area contributed by atoms with E-state index in [9.17, 15) is 9.59 Å². The van der Waals surface area contributed by atoms with E-state index in [2.05, 4.69) is 11.8 Å². The number of carboxylic acid groups (broad SMARTS) is 1. The van der Waals surface area contributed by atoms with Crippen molar-refractivity contribution in [2.24, 2.45) is 0 Å². The normalized spacial score (nSPS) is 11.0. The Morgan fingerprint density at radius 1 is 0.629 bits per heavy atom. The Hall–Kier alpha value is -1.84. The lowest BCUT2D eigenvalue weighted by Crippen LogP contribution is -2.18. The third kappa shape index (κ3) is 17.3. The third-order valence-corrected chi connectivity index (χ3v) is 7.02. The first-order valence-corrected chi connectivity index (χ1v) is 14.6. The SMILES string of the molecule is CCCCCCCCCCCCCCCCCCC(=O)c1ccc(N(C)CCCCC(=O)O)cc1. The fraction of sp³-hybridized carbons (Fsp3) is 0.742. The summed E-state index contributed by atoms with van der Waals surface area (Å²) in [5.41, 5.74) is 1.87. The van der Waals surface area contributed by atoms with E-state index >= 15 is 0 Å². The van der Waals surface area contributed by atoms with E-state index in [1.165, 1.54) is 89.9 Å². The molecule has 0 aromatic heterocycles. The zero-order valence-corrected chi connectivity index (χ0v) is 22.9. The summed E-state index contributed by atoms with van der Waals surface area (Å²) in [6.07, 6.45) is 23.9. The van der Waals surface area contributed by atoms with Gasteiger partial charge in [0.05, 0.1) is 0 Å². The fourth-order valence-electron chi connectivity index (χ4n) is 4.63. The average molecular weight is 488 g/mol. The standard InChI is InChI=1S/C31H53NO3/c1-3-4-5-6-7-8-9-10-11-12-13-14-15-16-17-18-21-30(33)28-23-25-29(26-24-28)32(2)27-20-19-22-31(34)35/h23-26H,3-22,27H2,1-2H3,(H,34,35). The minimum atomic E-state index is -0.736. The lowest BCUT2D eigenvalue weighted by atomic mass is 10.0. The zero-order valence-electron chi connectivity index (χ0n) is 22.9. The van der Waals surface area contributed by atoms with Crippen molar-refractivity contribution >= 4 is 17.4 Å². The van der Waals surface area contributed by atoms with Gasteiger partial charge in [-0.3, -0.25) is 9.59 Å². The molecule has 0 radical (unpaired) electrons. The number of unbranched alkanes of at least 4 members (excludes halogenated alkanes) is 16. The topological polar surface area (TPSA) is 57.6 Å². The first kappa shape index (κ1) is 31.2. The summed E-state index contributed by atoms with van der Waals surface area (Å²) in [5, 5.41) is 8.72. The van der Waals surface area contributed by atoms with Gasteiger partial charge >= 0.3 is 5.97 Å². The second-order valence-electron chi connectivity index (χ2n) is 10.3. The lowest BCUT2D eigenvalue weighted by Gasteiger charge is -2.19. The molecule has 200 valence electrons. The van der Waals surface area contributed by atoms with E-state index in [-0.39, 0.29) is 12.2 Å². The Kier molecular flexibility index (Phi) is 19.1. The lowest BCUT2D eigenvalue weighted by molar-refractivity contribution is -0.137. The van der Waals surface area contributed by atoms with Gasteiger partial charge < -0.3 is 10.0 Å². The summed E-state index contributed by atoms with van der Waals surface area (Å²) in [6, 6.07) is 7.85. The summed E-state index contributed by atoms with van der Waals surface area (Å²) >= 11 is 0. The predicted molar refractivity (Wildman–Crippen MR) is 150 cm³/mol. The fourth-order valence-corrected chi connectivity index (χ4v) is 4.63. The molecule has 0 bridgehead atoms. The molecule has 0 heterocycles. The molecule has 0 spiro atoms. The molecule has 35 heavy (non-hydrogen) atoms. The van der Waals surface area contributed by atoms with Crippen LogP contribution in [0.4, 0.5) is 5.69 Å². The van der Waals surface area contributed by atoms with Crippen LogP contribution in [0.1, 0.15) is 146 Å². The van der Waals surface area contributed by atoms with Gasteiger partial charge in [-0.2, -0.15) is 0 Å². The van der Waals surface area contributed by atoms with Crippen LogP contribution in [0.3, 0.4) is 0 Å². The molecule has 0 aliphatic carbocycles. The quantitative estimate of drug-likeness (QED) is 0.117. The van der Waals surface area contributed by atoms with E-state index in [0.29, 0.717) is 12.8 Å². The van der Waals surface area contributed by atoms with Crippen molar-refractivity contribution in [2.75, 3.05) is 18.5 Å². The Morgan fingerprint density at radius 3 is 1.51 bits per heavy atom. The molecule has 0 saturated heterocycles. The molecule has 1 aromatic rings. The van der Waals surface area contributed by atoms with E-state index in [1.54, 1.807) is 0 Å². The Bertz CT molecular complexity index is 656. The molecule has 0 fully saturated rings. The second kappa shape index (κ2) is 21.4. The van der Waals surface area contributed by atoms with E-state index < -0.39 is 5.97 Å². The highest BCUT2D eigenvalue weighted by molar-refractivity contribution is 5.96. The van der Waals surface area contributed by atoms with Crippen molar-refractivity contribution in [3.05, 3.63) is 29.8 Å². The van der Waals surface area contributed by atoms with Crippen molar-refractivity contribution in [3.8, 4) is 0 Å². The van der Waals surface area contributed by atoms with Gasteiger partial charge in [0.25, 0.3) is 0 Å². The second-order valence-corrected chi connectivity index (χ2v) is 10.3. The van der Waals surface area contributed by atoms with Crippen LogP contribution in [0.25, 0.3) is 0 Å².